The summed E-state index contributed by atoms with van der Waals surface area (Å²) in [5, 5.41) is 17.3. The number of anilines is 1. The van der Waals surface area contributed by atoms with Gasteiger partial charge in [-0.1, -0.05) is 11.3 Å². The normalized spacial score (nSPS) is 22.6. The average molecular weight is 515 g/mol. The van der Waals surface area contributed by atoms with E-state index in [0.717, 1.165) is 12.8 Å². The maximum atomic E-state index is 13.2. The van der Waals surface area contributed by atoms with Crippen molar-refractivity contribution in [2.45, 2.75) is 55.3 Å². The first-order valence-electron chi connectivity index (χ1n) is 10.7. The van der Waals surface area contributed by atoms with Crippen molar-refractivity contribution in [3.05, 3.63) is 23.5 Å². The highest BCUT2D eigenvalue weighted by molar-refractivity contribution is 7.89. The molecule has 1 saturated heterocycles. The maximum absolute atomic E-state index is 13.2. The number of sulfonamides is 1. The van der Waals surface area contributed by atoms with E-state index in [0.29, 0.717) is 42.1 Å². The molecule has 2 aliphatic rings. The molecule has 34 heavy (non-hydrogen) atoms. The van der Waals surface area contributed by atoms with Crippen LogP contribution >= 0.6 is 11.3 Å². The summed E-state index contributed by atoms with van der Waals surface area (Å²) in [7, 11) is -2.37. The van der Waals surface area contributed by atoms with E-state index in [1.165, 1.54) is 13.3 Å². The van der Waals surface area contributed by atoms with Crippen molar-refractivity contribution in [2.75, 3.05) is 25.1 Å². The first kappa shape index (κ1) is 23.5. The van der Waals surface area contributed by atoms with Gasteiger partial charge in [0, 0.05) is 31.9 Å². The van der Waals surface area contributed by atoms with Crippen LogP contribution in [0.25, 0.3) is 16.3 Å². The molecule has 1 saturated carbocycles. The van der Waals surface area contributed by atoms with Crippen LogP contribution in [0.4, 0.5) is 14.5 Å². The first-order chi connectivity index (χ1) is 16.1. The van der Waals surface area contributed by atoms with Crippen molar-refractivity contribution in [1.29, 1.82) is 0 Å². The second kappa shape index (κ2) is 8.45. The summed E-state index contributed by atoms with van der Waals surface area (Å²) in [6.07, 6.45) is 1.06. The zero-order chi connectivity index (χ0) is 24.3. The van der Waals surface area contributed by atoms with Crippen molar-refractivity contribution in [3.8, 4) is 10.8 Å². The third-order valence-electron chi connectivity index (χ3n) is 6.27. The van der Waals surface area contributed by atoms with Gasteiger partial charge in [-0.15, -0.1) is 10.2 Å². The summed E-state index contributed by atoms with van der Waals surface area (Å²) < 4.78 is 62.4. The molecule has 0 bridgehead atoms. The van der Waals surface area contributed by atoms with Crippen LogP contribution in [0, 0.1) is 0 Å². The van der Waals surface area contributed by atoms with Crippen LogP contribution in [-0.4, -0.2) is 71.1 Å². The van der Waals surface area contributed by atoms with Gasteiger partial charge in [0.05, 0.1) is 23.5 Å². The lowest BCUT2D eigenvalue weighted by molar-refractivity contribution is -0.0205. The number of methoxy groups -OCH3 is 1. The number of halogens is 2. The van der Waals surface area contributed by atoms with E-state index in [1.807, 2.05) is 11.8 Å². The zero-order valence-corrected chi connectivity index (χ0v) is 20.1. The van der Waals surface area contributed by atoms with E-state index < -0.39 is 39.2 Å². The van der Waals surface area contributed by atoms with Gasteiger partial charge in [0.2, 0.25) is 10.0 Å². The monoisotopic (exact) mass is 514 g/mol. The second-order valence-corrected chi connectivity index (χ2v) is 11.6. The van der Waals surface area contributed by atoms with Crippen molar-refractivity contribution in [1.82, 2.24) is 24.3 Å². The van der Waals surface area contributed by atoms with E-state index >= 15 is 0 Å². The van der Waals surface area contributed by atoms with Gasteiger partial charge in [-0.05, 0) is 32.3 Å². The smallest absolute Gasteiger partial charge is 0.291 e. The number of hydrogen-bond donors (Lipinski definition) is 2. The Balaban J connectivity index is 1.64. The standard InChI is InChI=1S/C20H24F2N6O4S2/c1-20(4-5-20)26-34(30,31)11-7-12(27-6-3-14(29)15(10-27)32-2)13-8-23-17(28(13)9-11)19-25-24-18(33-19)16(21)22/h7-9,14-16,26,29H,3-6,10H2,1-2H3. The summed E-state index contributed by atoms with van der Waals surface area (Å²) in [4.78, 5) is 6.31. The molecule has 5 rings (SSSR count). The summed E-state index contributed by atoms with van der Waals surface area (Å²) >= 11 is 0.705. The van der Waals surface area contributed by atoms with E-state index in [4.69, 9.17) is 4.74 Å². The van der Waals surface area contributed by atoms with E-state index in [-0.39, 0.29) is 15.7 Å². The van der Waals surface area contributed by atoms with Crippen molar-refractivity contribution in [3.63, 3.8) is 0 Å². The molecular weight excluding hydrogens is 490 g/mol. The highest BCUT2D eigenvalue weighted by Crippen LogP contribution is 2.38. The van der Waals surface area contributed by atoms with Gasteiger partial charge in [0.1, 0.15) is 11.0 Å². The SMILES string of the molecule is COC1CN(c2cc(S(=O)(=O)NC3(C)CC3)cn3c(-c4nnc(C(F)F)s4)ncc23)CCC1O. The molecule has 2 unspecified atom stereocenters. The summed E-state index contributed by atoms with van der Waals surface area (Å²) in [5.74, 6) is 0.218. The fourth-order valence-corrected chi connectivity index (χ4v) is 6.23. The molecule has 0 amide bonds. The Morgan fingerprint density at radius 2 is 2.12 bits per heavy atom. The number of aromatic nitrogens is 4. The Kier molecular flexibility index (Phi) is 5.83. The van der Waals surface area contributed by atoms with Crippen molar-refractivity contribution >= 4 is 32.6 Å². The molecule has 1 aliphatic heterocycles. The van der Waals surface area contributed by atoms with E-state index in [9.17, 15) is 22.3 Å². The Labute approximate surface area is 198 Å². The van der Waals surface area contributed by atoms with Gasteiger partial charge in [0.25, 0.3) is 6.43 Å². The lowest BCUT2D eigenvalue weighted by Crippen LogP contribution is -2.47. The Morgan fingerprint density at radius 3 is 2.76 bits per heavy atom. The Hall–Kier alpha value is -2.26. The number of alkyl halides is 2. The minimum atomic E-state index is -3.88. The van der Waals surface area contributed by atoms with Gasteiger partial charge in [-0.2, -0.15) is 0 Å². The number of aliphatic hydroxyl groups is 1. The number of nitrogens with zero attached hydrogens (tertiary/aromatic N) is 5. The van der Waals surface area contributed by atoms with Crippen LogP contribution in [-0.2, 0) is 14.8 Å². The summed E-state index contributed by atoms with van der Waals surface area (Å²) in [6, 6.07) is 1.57. The summed E-state index contributed by atoms with van der Waals surface area (Å²) in [6.45, 7) is 2.66. The molecule has 184 valence electrons. The number of piperidine rings is 1. The minimum Gasteiger partial charge on any atom is -0.390 e. The number of fused-ring (bicyclic) bond motifs is 1. The molecule has 3 aromatic heterocycles. The van der Waals surface area contributed by atoms with Crippen LogP contribution in [0.15, 0.2) is 23.4 Å². The molecule has 3 aromatic rings. The molecule has 0 spiro atoms. The Bertz CT molecular complexity index is 1320. The highest BCUT2D eigenvalue weighted by Gasteiger charge is 2.41. The topological polar surface area (TPSA) is 122 Å². The molecule has 0 aromatic carbocycles. The van der Waals surface area contributed by atoms with Crippen LogP contribution < -0.4 is 9.62 Å². The molecule has 4 heterocycles. The van der Waals surface area contributed by atoms with Crippen molar-refractivity contribution in [2.24, 2.45) is 0 Å². The maximum Gasteiger partial charge on any atom is 0.291 e. The number of ether oxygens (including phenoxy) is 1. The van der Waals surface area contributed by atoms with Gasteiger partial charge in [-0.25, -0.2) is 26.9 Å². The lowest BCUT2D eigenvalue weighted by atomic mass is 10.0. The molecule has 14 heteroatoms. The number of pyridine rings is 1. The number of nitrogens with one attached hydrogen (secondary N) is 1. The Morgan fingerprint density at radius 1 is 1.35 bits per heavy atom. The number of rotatable bonds is 7. The van der Waals surface area contributed by atoms with Crippen LogP contribution in [0.5, 0.6) is 0 Å². The number of imidazole rings is 1. The van der Waals surface area contributed by atoms with Crippen LogP contribution in [0.1, 0.15) is 37.6 Å². The van der Waals surface area contributed by atoms with Crippen LogP contribution in [0.3, 0.4) is 0 Å². The molecule has 10 nitrogen and oxygen atoms in total. The molecular formula is C20H24F2N6O4S2. The van der Waals surface area contributed by atoms with E-state index in [1.54, 1.807) is 16.7 Å². The lowest BCUT2D eigenvalue weighted by Gasteiger charge is -2.37. The number of hydrogen-bond acceptors (Lipinski definition) is 9. The van der Waals surface area contributed by atoms with Gasteiger partial charge in [0.15, 0.2) is 15.8 Å². The number of aliphatic hydroxyl groups excluding tert-OH is 1. The second-order valence-electron chi connectivity index (χ2n) is 8.89. The first-order valence-corrected chi connectivity index (χ1v) is 13.0. The fourth-order valence-electron chi connectivity index (χ4n) is 4.05. The highest BCUT2D eigenvalue weighted by atomic mass is 32.2. The fraction of sp³-hybridized carbons (Fsp3) is 0.550. The third kappa shape index (κ3) is 4.28. The zero-order valence-electron chi connectivity index (χ0n) is 18.5. The van der Waals surface area contributed by atoms with Gasteiger partial charge >= 0.3 is 0 Å². The largest absolute Gasteiger partial charge is 0.390 e. The molecule has 2 fully saturated rings. The predicted octanol–water partition coefficient (Wildman–Crippen LogP) is 2.21. The quantitative estimate of drug-likeness (QED) is 0.492. The van der Waals surface area contributed by atoms with Gasteiger partial charge in [-0.3, -0.25) is 4.40 Å². The minimum absolute atomic E-state index is 0.0149. The molecule has 1 aliphatic carbocycles. The molecule has 0 radical (unpaired) electrons. The van der Waals surface area contributed by atoms with E-state index in [2.05, 4.69) is 19.9 Å². The van der Waals surface area contributed by atoms with Crippen LogP contribution in [0.2, 0.25) is 0 Å². The average Bonchev–Trinajstić information content (AvgIpc) is 3.19. The van der Waals surface area contributed by atoms with Gasteiger partial charge < -0.3 is 14.7 Å². The predicted molar refractivity (Wildman–Crippen MR) is 121 cm³/mol. The van der Waals surface area contributed by atoms with Crippen molar-refractivity contribution < 1.29 is 27.0 Å². The third-order valence-corrected chi connectivity index (χ3v) is 8.80. The molecule has 2 atom stereocenters. The summed E-state index contributed by atoms with van der Waals surface area (Å²) in [5.41, 5.74) is 0.676. The molecule has 2 N–H and O–H groups in total.